The number of amides is 2. The van der Waals surface area contributed by atoms with Crippen LogP contribution in [0.15, 0.2) is 47.1 Å². The van der Waals surface area contributed by atoms with Gasteiger partial charge in [0.1, 0.15) is 11.9 Å². The van der Waals surface area contributed by atoms with E-state index in [0.29, 0.717) is 31.9 Å². The fourth-order valence-electron chi connectivity index (χ4n) is 3.42. The maximum atomic E-state index is 13.3. The molecule has 0 bridgehead atoms. The fraction of sp³-hybridized carbons (Fsp3) is 0.400. The number of hydrogen-bond acceptors (Lipinski definition) is 4. The fourth-order valence-corrected chi connectivity index (χ4v) is 3.42. The Balaban J connectivity index is 1.46. The van der Waals surface area contributed by atoms with E-state index in [2.05, 4.69) is 10.2 Å². The molecule has 7 heteroatoms. The second kappa shape index (κ2) is 7.52. The monoisotopic (exact) mass is 371 g/mol. The van der Waals surface area contributed by atoms with E-state index in [1.807, 2.05) is 0 Å². The third kappa shape index (κ3) is 4.03. The lowest BCUT2D eigenvalue weighted by atomic mass is 10.0. The highest BCUT2D eigenvalue weighted by Gasteiger charge is 2.34. The van der Waals surface area contributed by atoms with Crippen LogP contribution < -0.4 is 5.32 Å². The average Bonchev–Trinajstić information content (AvgIpc) is 3.32. The molecule has 6 nitrogen and oxygen atoms in total. The molecule has 4 rings (SSSR count). The Labute approximate surface area is 156 Å². The molecular formula is C20H22FN3O3. The van der Waals surface area contributed by atoms with Gasteiger partial charge in [0.05, 0.1) is 6.26 Å². The molecule has 1 saturated carbocycles. The summed E-state index contributed by atoms with van der Waals surface area (Å²) < 4.78 is 18.5. The summed E-state index contributed by atoms with van der Waals surface area (Å²) in [6.45, 7) is 2.14. The summed E-state index contributed by atoms with van der Waals surface area (Å²) in [5.41, 5.74) is 0.764. The van der Waals surface area contributed by atoms with Gasteiger partial charge in [-0.15, -0.1) is 0 Å². The van der Waals surface area contributed by atoms with E-state index >= 15 is 0 Å². The number of carbonyl (C=O) groups excluding carboxylic acids is 2. The lowest BCUT2D eigenvalue weighted by molar-refractivity contribution is -0.127. The van der Waals surface area contributed by atoms with Gasteiger partial charge in [-0.3, -0.25) is 14.5 Å². The number of furan rings is 1. The third-order valence-electron chi connectivity index (χ3n) is 5.06. The molecule has 1 atom stereocenters. The van der Waals surface area contributed by atoms with Crippen LogP contribution in [0.3, 0.4) is 0 Å². The minimum Gasteiger partial charge on any atom is -0.459 e. The number of halogens is 1. The van der Waals surface area contributed by atoms with Crippen molar-refractivity contribution in [3.05, 3.63) is 59.8 Å². The summed E-state index contributed by atoms with van der Waals surface area (Å²) in [7, 11) is 0. The molecule has 2 aliphatic rings. The quantitative estimate of drug-likeness (QED) is 0.875. The minimum absolute atomic E-state index is 0.0603. The normalized spacial score (nSPS) is 18.9. The highest BCUT2D eigenvalue weighted by molar-refractivity contribution is 5.91. The maximum absolute atomic E-state index is 13.3. The topological polar surface area (TPSA) is 65.8 Å². The van der Waals surface area contributed by atoms with Gasteiger partial charge in [-0.05, 0) is 42.7 Å². The highest BCUT2D eigenvalue weighted by Crippen LogP contribution is 2.26. The number of rotatable bonds is 5. The van der Waals surface area contributed by atoms with Crippen molar-refractivity contribution in [3.63, 3.8) is 0 Å². The van der Waals surface area contributed by atoms with Crippen molar-refractivity contribution >= 4 is 11.8 Å². The van der Waals surface area contributed by atoms with Crippen molar-refractivity contribution in [1.82, 2.24) is 15.1 Å². The number of piperazine rings is 1. The molecule has 0 radical (unpaired) electrons. The first-order valence-electron chi connectivity index (χ1n) is 9.24. The van der Waals surface area contributed by atoms with E-state index < -0.39 is 6.04 Å². The molecule has 2 fully saturated rings. The Morgan fingerprint density at radius 1 is 1.07 bits per heavy atom. The Kier molecular flexibility index (Phi) is 4.94. The molecule has 27 heavy (non-hydrogen) atoms. The summed E-state index contributed by atoms with van der Waals surface area (Å²) in [4.78, 5) is 29.0. The first kappa shape index (κ1) is 17.7. The van der Waals surface area contributed by atoms with E-state index in [1.54, 1.807) is 29.2 Å². The number of benzene rings is 1. The molecule has 142 valence electrons. The van der Waals surface area contributed by atoms with Gasteiger partial charge in [0.2, 0.25) is 5.91 Å². The predicted octanol–water partition coefficient (Wildman–Crippen LogP) is 2.20. The van der Waals surface area contributed by atoms with Gasteiger partial charge < -0.3 is 14.6 Å². The smallest absolute Gasteiger partial charge is 0.289 e. The second-order valence-corrected chi connectivity index (χ2v) is 7.04. The number of carbonyl (C=O) groups is 2. The summed E-state index contributed by atoms with van der Waals surface area (Å²) >= 11 is 0. The van der Waals surface area contributed by atoms with Gasteiger partial charge in [0.15, 0.2) is 5.76 Å². The van der Waals surface area contributed by atoms with Gasteiger partial charge in [0, 0.05) is 32.2 Å². The van der Waals surface area contributed by atoms with Crippen molar-refractivity contribution in [2.24, 2.45) is 0 Å². The van der Waals surface area contributed by atoms with Crippen LogP contribution in [-0.2, 0) is 4.79 Å². The van der Waals surface area contributed by atoms with Crippen molar-refractivity contribution in [2.45, 2.75) is 24.9 Å². The molecule has 2 heterocycles. The molecule has 1 aromatic heterocycles. The molecular weight excluding hydrogens is 349 g/mol. The van der Waals surface area contributed by atoms with Crippen LogP contribution in [0, 0.1) is 5.82 Å². The lowest BCUT2D eigenvalue weighted by Crippen LogP contribution is -2.52. The van der Waals surface area contributed by atoms with Crippen molar-refractivity contribution in [3.8, 4) is 0 Å². The van der Waals surface area contributed by atoms with Crippen LogP contribution in [0.5, 0.6) is 0 Å². The molecule has 0 unspecified atom stereocenters. The zero-order valence-electron chi connectivity index (χ0n) is 14.9. The van der Waals surface area contributed by atoms with Gasteiger partial charge in [-0.2, -0.15) is 0 Å². The lowest BCUT2D eigenvalue weighted by Gasteiger charge is -2.38. The van der Waals surface area contributed by atoms with Gasteiger partial charge in [-0.1, -0.05) is 12.1 Å². The van der Waals surface area contributed by atoms with E-state index in [9.17, 15) is 14.0 Å². The molecule has 1 aromatic carbocycles. The number of nitrogens with zero attached hydrogens (tertiary/aromatic N) is 2. The van der Waals surface area contributed by atoms with Crippen LogP contribution in [-0.4, -0.2) is 53.8 Å². The van der Waals surface area contributed by atoms with Crippen LogP contribution in [0.25, 0.3) is 0 Å². The van der Waals surface area contributed by atoms with Gasteiger partial charge in [0.25, 0.3) is 5.91 Å². The maximum Gasteiger partial charge on any atom is 0.289 e. The Bertz CT molecular complexity index is 794. The van der Waals surface area contributed by atoms with E-state index in [-0.39, 0.29) is 23.7 Å². The summed E-state index contributed by atoms with van der Waals surface area (Å²) in [6, 6.07) is 9.19. The van der Waals surface area contributed by atoms with E-state index in [4.69, 9.17) is 4.42 Å². The first-order valence-corrected chi connectivity index (χ1v) is 9.24. The minimum atomic E-state index is -0.480. The van der Waals surface area contributed by atoms with Crippen LogP contribution in [0.2, 0.25) is 0 Å². The van der Waals surface area contributed by atoms with Crippen molar-refractivity contribution < 1.29 is 18.4 Å². The molecule has 2 aromatic rings. The molecule has 1 saturated heterocycles. The van der Waals surface area contributed by atoms with Crippen LogP contribution >= 0.6 is 0 Å². The number of hydrogen-bond donors (Lipinski definition) is 1. The summed E-state index contributed by atoms with van der Waals surface area (Å²) in [5, 5.41) is 3.05. The largest absolute Gasteiger partial charge is 0.459 e. The Hall–Kier alpha value is -2.67. The standard InChI is InChI=1S/C20H22FN3O3/c21-15-5-3-14(4-6-15)18(19(25)22-16-7-8-16)23-9-11-24(12-10-23)20(26)17-2-1-13-27-17/h1-6,13,16,18H,7-12H2,(H,22,25)/t18-/m1/s1. The molecule has 1 N–H and O–H groups in total. The van der Waals surface area contributed by atoms with Crippen LogP contribution in [0.1, 0.15) is 35.0 Å². The van der Waals surface area contributed by atoms with Crippen molar-refractivity contribution in [1.29, 1.82) is 0 Å². The Morgan fingerprint density at radius 3 is 2.37 bits per heavy atom. The summed E-state index contributed by atoms with van der Waals surface area (Å²) in [6.07, 6.45) is 3.50. The van der Waals surface area contributed by atoms with E-state index in [1.165, 1.54) is 18.4 Å². The molecule has 1 aliphatic heterocycles. The SMILES string of the molecule is O=C(NC1CC1)[C@@H](c1ccc(F)cc1)N1CCN(C(=O)c2ccco2)CC1. The predicted molar refractivity (Wildman–Crippen MR) is 96.5 cm³/mol. The third-order valence-corrected chi connectivity index (χ3v) is 5.06. The average molecular weight is 371 g/mol. The molecule has 2 amide bonds. The van der Waals surface area contributed by atoms with Gasteiger partial charge >= 0.3 is 0 Å². The first-order chi connectivity index (χ1) is 13.1. The van der Waals surface area contributed by atoms with Crippen molar-refractivity contribution in [2.75, 3.05) is 26.2 Å². The van der Waals surface area contributed by atoms with E-state index in [0.717, 1.165) is 18.4 Å². The molecule has 1 aliphatic carbocycles. The number of nitrogens with one attached hydrogen (secondary N) is 1. The highest BCUT2D eigenvalue weighted by atomic mass is 19.1. The van der Waals surface area contributed by atoms with Crippen LogP contribution in [0.4, 0.5) is 4.39 Å². The van der Waals surface area contributed by atoms with Gasteiger partial charge in [-0.25, -0.2) is 4.39 Å². The Morgan fingerprint density at radius 2 is 1.78 bits per heavy atom. The zero-order valence-corrected chi connectivity index (χ0v) is 14.9. The molecule has 0 spiro atoms. The second-order valence-electron chi connectivity index (χ2n) is 7.04. The zero-order chi connectivity index (χ0) is 18.8. The summed E-state index contributed by atoms with van der Waals surface area (Å²) in [5.74, 6) is -0.200.